The Hall–Kier alpha value is -1.60. The summed E-state index contributed by atoms with van der Waals surface area (Å²) in [7, 11) is 0. The van der Waals surface area contributed by atoms with Gasteiger partial charge in [-0.1, -0.05) is 49.4 Å². The van der Waals surface area contributed by atoms with Crippen LogP contribution in [0.5, 0.6) is 0 Å². The fourth-order valence-electron chi connectivity index (χ4n) is 3.91. The average Bonchev–Trinajstić information content (AvgIpc) is 3.02. The van der Waals surface area contributed by atoms with Gasteiger partial charge in [0.25, 0.3) is 0 Å². The molecule has 0 bridgehead atoms. The second-order valence-electron chi connectivity index (χ2n) is 6.15. The van der Waals surface area contributed by atoms with Crippen molar-refractivity contribution in [3.8, 4) is 0 Å². The Kier molecular flexibility index (Phi) is 3.31. The average molecular weight is 292 g/mol. The van der Waals surface area contributed by atoms with Crippen molar-refractivity contribution in [3.05, 3.63) is 69.9 Å². The first-order chi connectivity index (χ1) is 10.3. The van der Waals surface area contributed by atoms with Gasteiger partial charge in [0.15, 0.2) is 0 Å². The normalized spacial score (nSPS) is 19.4. The highest BCUT2D eigenvalue weighted by molar-refractivity contribution is 7.10. The van der Waals surface area contributed by atoms with Crippen molar-refractivity contribution in [2.24, 2.45) is 0 Å². The summed E-state index contributed by atoms with van der Waals surface area (Å²) >= 11 is 1.95. The van der Waals surface area contributed by atoms with Crippen molar-refractivity contribution in [3.63, 3.8) is 0 Å². The summed E-state index contributed by atoms with van der Waals surface area (Å²) in [5, 5.41) is 5.07. The Bertz CT molecular complexity index is 763. The molecule has 1 heteroatoms. The van der Waals surface area contributed by atoms with Gasteiger partial charge in [-0.2, -0.15) is 0 Å². The number of aryl methyl sites for hydroxylation is 1. The van der Waals surface area contributed by atoms with E-state index >= 15 is 0 Å². The van der Waals surface area contributed by atoms with Crippen molar-refractivity contribution in [1.29, 1.82) is 0 Å². The second-order valence-corrected chi connectivity index (χ2v) is 7.16. The van der Waals surface area contributed by atoms with E-state index < -0.39 is 0 Å². The van der Waals surface area contributed by atoms with Crippen LogP contribution in [0.1, 0.15) is 47.6 Å². The van der Waals surface area contributed by atoms with E-state index in [4.69, 9.17) is 0 Å². The molecule has 4 rings (SSSR count). The van der Waals surface area contributed by atoms with Gasteiger partial charge in [0.05, 0.1) is 0 Å². The maximum absolute atomic E-state index is 2.42. The molecule has 0 saturated heterocycles. The van der Waals surface area contributed by atoms with Gasteiger partial charge in [0.2, 0.25) is 0 Å². The first-order valence-electron chi connectivity index (χ1n) is 7.88. The predicted molar refractivity (Wildman–Crippen MR) is 92.4 cm³/mol. The van der Waals surface area contributed by atoms with Crippen molar-refractivity contribution >= 4 is 22.1 Å². The minimum absolute atomic E-state index is 0.588. The van der Waals surface area contributed by atoms with Gasteiger partial charge in [0.1, 0.15) is 0 Å². The molecule has 1 aliphatic rings. The molecule has 1 aliphatic carbocycles. The van der Waals surface area contributed by atoms with Crippen molar-refractivity contribution in [1.82, 2.24) is 0 Å². The first kappa shape index (κ1) is 13.1. The molecule has 21 heavy (non-hydrogen) atoms. The summed E-state index contributed by atoms with van der Waals surface area (Å²) in [6.45, 7) is 2.42. The largest absolute Gasteiger partial charge is 0.149 e. The Morgan fingerprint density at radius 1 is 1.05 bits per heavy atom. The molecule has 0 radical (unpaired) electrons. The van der Waals surface area contributed by atoms with Crippen LogP contribution in [0.25, 0.3) is 10.8 Å². The minimum atomic E-state index is 0.588. The zero-order chi connectivity index (χ0) is 14.2. The number of thiophene rings is 1. The lowest BCUT2D eigenvalue weighted by molar-refractivity contribution is 0.494. The molecule has 0 N–H and O–H groups in total. The third-order valence-electron chi connectivity index (χ3n) is 5.02. The molecule has 0 amide bonds. The second kappa shape index (κ2) is 5.31. The van der Waals surface area contributed by atoms with Crippen LogP contribution >= 0.6 is 11.3 Å². The van der Waals surface area contributed by atoms with E-state index in [1.807, 2.05) is 11.3 Å². The number of rotatable bonds is 2. The van der Waals surface area contributed by atoms with Gasteiger partial charge in [0, 0.05) is 4.88 Å². The standard InChI is InChI=1S/C20H20S/c1-14(17-10-5-11-20-19(17)12-13-21-20)16-9-4-7-15-6-2-3-8-18(15)16/h2-4,6-9,12-14,17H,5,10-11H2,1H3. The van der Waals surface area contributed by atoms with Crippen molar-refractivity contribution in [2.75, 3.05) is 0 Å². The quantitative estimate of drug-likeness (QED) is 0.533. The Morgan fingerprint density at radius 3 is 2.86 bits per heavy atom. The predicted octanol–water partition coefficient (Wildman–Crippen LogP) is 6.12. The van der Waals surface area contributed by atoms with Gasteiger partial charge in [-0.3, -0.25) is 0 Å². The summed E-state index contributed by atoms with van der Waals surface area (Å²) in [5.74, 6) is 1.27. The lowest BCUT2D eigenvalue weighted by Gasteiger charge is -2.29. The highest BCUT2D eigenvalue weighted by atomic mass is 32.1. The number of hydrogen-bond acceptors (Lipinski definition) is 1. The summed E-state index contributed by atoms with van der Waals surface area (Å²) in [6, 6.07) is 17.9. The van der Waals surface area contributed by atoms with Gasteiger partial charge in [-0.05, 0) is 64.4 Å². The molecule has 1 aromatic heterocycles. The van der Waals surface area contributed by atoms with Crippen LogP contribution in [-0.2, 0) is 6.42 Å². The molecule has 106 valence electrons. The molecule has 2 aromatic carbocycles. The van der Waals surface area contributed by atoms with E-state index in [2.05, 4.69) is 60.8 Å². The Labute approximate surface area is 130 Å². The molecule has 3 aromatic rings. The van der Waals surface area contributed by atoms with Crippen LogP contribution in [0.4, 0.5) is 0 Å². The fraction of sp³-hybridized carbons (Fsp3) is 0.300. The molecule has 2 atom stereocenters. The maximum Gasteiger partial charge on any atom is 0.00802 e. The van der Waals surface area contributed by atoms with Crippen LogP contribution in [0.2, 0.25) is 0 Å². The molecule has 0 nitrogen and oxygen atoms in total. The number of fused-ring (bicyclic) bond motifs is 2. The topological polar surface area (TPSA) is 0 Å². The summed E-state index contributed by atoms with van der Waals surface area (Å²) in [6.07, 6.45) is 3.95. The highest BCUT2D eigenvalue weighted by Crippen LogP contribution is 2.44. The third-order valence-corrected chi connectivity index (χ3v) is 6.01. The fourth-order valence-corrected chi connectivity index (χ4v) is 4.90. The lowest BCUT2D eigenvalue weighted by atomic mass is 9.76. The first-order valence-corrected chi connectivity index (χ1v) is 8.76. The minimum Gasteiger partial charge on any atom is -0.149 e. The Morgan fingerprint density at radius 2 is 1.90 bits per heavy atom. The monoisotopic (exact) mass is 292 g/mol. The van der Waals surface area contributed by atoms with Gasteiger partial charge in [-0.25, -0.2) is 0 Å². The molecule has 1 heterocycles. The van der Waals surface area contributed by atoms with E-state index in [0.717, 1.165) is 0 Å². The van der Waals surface area contributed by atoms with Crippen LogP contribution in [0.15, 0.2) is 53.9 Å². The summed E-state index contributed by atoms with van der Waals surface area (Å²) < 4.78 is 0. The molecule has 2 unspecified atom stereocenters. The third kappa shape index (κ3) is 2.20. The van der Waals surface area contributed by atoms with Crippen LogP contribution in [0, 0.1) is 0 Å². The van der Waals surface area contributed by atoms with Crippen LogP contribution < -0.4 is 0 Å². The van der Waals surface area contributed by atoms with Crippen molar-refractivity contribution in [2.45, 2.75) is 38.0 Å². The van der Waals surface area contributed by atoms with Crippen LogP contribution in [-0.4, -0.2) is 0 Å². The lowest BCUT2D eigenvalue weighted by Crippen LogP contribution is -2.14. The van der Waals surface area contributed by atoms with Crippen LogP contribution in [0.3, 0.4) is 0 Å². The SMILES string of the molecule is CC(c1cccc2ccccc12)C1CCCc2sccc21. The summed E-state index contributed by atoms with van der Waals surface area (Å²) in [5.41, 5.74) is 3.13. The van der Waals surface area contributed by atoms with E-state index in [0.29, 0.717) is 11.8 Å². The van der Waals surface area contributed by atoms with E-state index in [-0.39, 0.29) is 0 Å². The van der Waals surface area contributed by atoms with Gasteiger partial charge >= 0.3 is 0 Å². The van der Waals surface area contributed by atoms with E-state index in [1.54, 1.807) is 10.4 Å². The number of benzene rings is 2. The molecular formula is C20H20S. The zero-order valence-corrected chi connectivity index (χ0v) is 13.2. The number of hydrogen-bond donors (Lipinski definition) is 0. The molecule has 0 saturated carbocycles. The van der Waals surface area contributed by atoms with Gasteiger partial charge < -0.3 is 0 Å². The Balaban J connectivity index is 1.80. The molecular weight excluding hydrogens is 272 g/mol. The molecule has 0 aliphatic heterocycles. The van der Waals surface area contributed by atoms with E-state index in [9.17, 15) is 0 Å². The molecule has 0 spiro atoms. The highest BCUT2D eigenvalue weighted by Gasteiger charge is 2.27. The summed E-state index contributed by atoms with van der Waals surface area (Å²) in [4.78, 5) is 1.62. The zero-order valence-electron chi connectivity index (χ0n) is 12.4. The van der Waals surface area contributed by atoms with Gasteiger partial charge in [-0.15, -0.1) is 11.3 Å². The van der Waals surface area contributed by atoms with E-state index in [1.165, 1.54) is 35.6 Å². The van der Waals surface area contributed by atoms with Crippen molar-refractivity contribution < 1.29 is 0 Å². The smallest absolute Gasteiger partial charge is 0.00802 e. The molecule has 0 fully saturated rings. The maximum atomic E-state index is 2.42.